The fourth-order valence-electron chi connectivity index (χ4n) is 6.35. The lowest BCUT2D eigenvalue weighted by Gasteiger charge is -2.23. The molecule has 1 aliphatic rings. The molecule has 0 nitrogen and oxygen atoms in total. The summed E-state index contributed by atoms with van der Waals surface area (Å²) < 4.78 is 0. The third-order valence-corrected chi connectivity index (χ3v) is 8.28. The van der Waals surface area contributed by atoms with Gasteiger partial charge in [0.25, 0.3) is 0 Å². The zero-order valence-corrected chi connectivity index (χ0v) is 23.6. The molecule has 0 heteroatoms. The van der Waals surface area contributed by atoms with E-state index in [2.05, 4.69) is 142 Å². The largest absolute Gasteiger partial charge is 0.102 e. The van der Waals surface area contributed by atoms with Crippen molar-refractivity contribution >= 4 is 39.3 Å². The highest BCUT2D eigenvalue weighted by molar-refractivity contribution is 6.15. The number of benzene rings is 5. The molecule has 1 unspecified atom stereocenters. The Morgan fingerprint density at radius 2 is 1.34 bits per heavy atom. The fourth-order valence-corrected chi connectivity index (χ4v) is 6.35. The lowest BCUT2D eigenvalue weighted by molar-refractivity contribution is 0.801. The summed E-state index contributed by atoms with van der Waals surface area (Å²) in [6.07, 6.45) is 15.7. The van der Waals surface area contributed by atoms with E-state index in [1.54, 1.807) is 0 Å². The van der Waals surface area contributed by atoms with E-state index in [-0.39, 0.29) is 5.92 Å². The van der Waals surface area contributed by atoms with Crippen LogP contribution in [0.25, 0.3) is 61.5 Å². The van der Waals surface area contributed by atoms with E-state index in [4.69, 9.17) is 0 Å². The summed E-state index contributed by atoms with van der Waals surface area (Å²) in [6, 6.07) is 33.0. The monoisotopic (exact) mass is 526 g/mol. The minimum absolute atomic E-state index is 0.280. The molecule has 5 aromatic rings. The molecule has 0 heterocycles. The maximum atomic E-state index is 4.34. The summed E-state index contributed by atoms with van der Waals surface area (Å²) in [6.45, 7) is 14.5. The molecule has 41 heavy (non-hydrogen) atoms. The van der Waals surface area contributed by atoms with Crippen LogP contribution in [0.5, 0.6) is 0 Å². The van der Waals surface area contributed by atoms with Crippen LogP contribution in [0.4, 0.5) is 0 Å². The van der Waals surface area contributed by atoms with Gasteiger partial charge < -0.3 is 0 Å². The van der Waals surface area contributed by atoms with Crippen molar-refractivity contribution in [3.63, 3.8) is 0 Å². The molecule has 0 radical (unpaired) electrons. The van der Waals surface area contributed by atoms with Crippen LogP contribution >= 0.6 is 0 Å². The van der Waals surface area contributed by atoms with E-state index in [0.717, 1.165) is 12.0 Å². The molecule has 0 aromatic heterocycles. The van der Waals surface area contributed by atoms with Gasteiger partial charge in [-0.05, 0) is 91.0 Å². The Bertz CT molecular complexity index is 1920. The molecule has 0 spiro atoms. The minimum Gasteiger partial charge on any atom is -0.102 e. The van der Waals surface area contributed by atoms with Gasteiger partial charge in [0.1, 0.15) is 0 Å². The Morgan fingerprint density at radius 3 is 2.07 bits per heavy atom. The van der Waals surface area contributed by atoms with E-state index in [9.17, 15) is 0 Å². The second kappa shape index (κ2) is 11.3. The molecule has 6 rings (SSSR count). The van der Waals surface area contributed by atoms with Crippen LogP contribution in [0.3, 0.4) is 0 Å². The van der Waals surface area contributed by atoms with Crippen molar-refractivity contribution in [2.24, 2.45) is 5.92 Å². The number of hydrogen-bond acceptors (Lipinski definition) is 0. The van der Waals surface area contributed by atoms with Gasteiger partial charge in [-0.3, -0.25) is 0 Å². The molecule has 0 aliphatic heterocycles. The first kappa shape index (κ1) is 26.3. The molecule has 0 saturated heterocycles. The molecule has 0 saturated carbocycles. The van der Waals surface area contributed by atoms with Crippen molar-refractivity contribution in [3.05, 3.63) is 163 Å². The first-order chi connectivity index (χ1) is 20.2. The summed E-state index contributed by atoms with van der Waals surface area (Å²) in [7, 11) is 0. The van der Waals surface area contributed by atoms with Crippen LogP contribution in [0, 0.1) is 5.92 Å². The van der Waals surface area contributed by atoms with Gasteiger partial charge in [-0.1, -0.05) is 141 Å². The Labute approximate surface area is 243 Å². The van der Waals surface area contributed by atoms with Crippen LogP contribution in [-0.2, 0) is 0 Å². The van der Waals surface area contributed by atoms with Gasteiger partial charge in [0.15, 0.2) is 0 Å². The zero-order chi connectivity index (χ0) is 28.3. The SMILES string of the molecule is C=CC1=CC=C(c2cccc(-c3c(C=C)c(/C=C\C)c(-c4cccc5ccccc45)c4ccccc34)c2)CC1C=C. The highest BCUT2D eigenvalue weighted by atomic mass is 14.2. The van der Waals surface area contributed by atoms with Gasteiger partial charge in [-0.2, -0.15) is 0 Å². The van der Waals surface area contributed by atoms with E-state index in [1.165, 1.54) is 66.1 Å². The molecule has 0 fully saturated rings. The van der Waals surface area contributed by atoms with Crippen LogP contribution < -0.4 is 0 Å². The standard InChI is InChI=1S/C41H34/c1-5-15-36-34(8-4)40(33-19-13-18-31(27-33)32-25-24-28(6-2)29(7-3)26-32)38-21-11-12-22-39(38)41(36)37-23-14-17-30-16-9-10-20-35(30)37/h5-25,27,29H,2-4,26H2,1H3/b15-5-. The first-order valence-electron chi connectivity index (χ1n) is 14.3. The molecule has 1 aliphatic carbocycles. The van der Waals surface area contributed by atoms with E-state index in [0.29, 0.717) is 0 Å². The van der Waals surface area contributed by atoms with Gasteiger partial charge in [0, 0.05) is 5.92 Å². The quantitative estimate of drug-likeness (QED) is 0.185. The molecule has 0 N–H and O–H groups in total. The Kier molecular flexibility index (Phi) is 7.23. The molecule has 5 aromatic carbocycles. The van der Waals surface area contributed by atoms with Crippen molar-refractivity contribution < 1.29 is 0 Å². The predicted octanol–water partition coefficient (Wildman–Crippen LogP) is 11.7. The van der Waals surface area contributed by atoms with Crippen molar-refractivity contribution in [3.8, 4) is 22.3 Å². The smallest absolute Gasteiger partial charge is 0.00557 e. The maximum Gasteiger partial charge on any atom is 0.00557 e. The molecular weight excluding hydrogens is 492 g/mol. The minimum atomic E-state index is 0.280. The summed E-state index contributed by atoms with van der Waals surface area (Å²) in [5, 5.41) is 4.96. The van der Waals surface area contributed by atoms with Gasteiger partial charge in [-0.15, -0.1) is 6.58 Å². The number of fused-ring (bicyclic) bond motifs is 2. The maximum absolute atomic E-state index is 4.34. The number of allylic oxidation sites excluding steroid dienone is 7. The Hall–Kier alpha value is -4.94. The first-order valence-corrected chi connectivity index (χ1v) is 14.3. The van der Waals surface area contributed by atoms with E-state index in [1.807, 2.05) is 18.2 Å². The number of hydrogen-bond donors (Lipinski definition) is 0. The summed E-state index contributed by atoms with van der Waals surface area (Å²) in [5.41, 5.74) is 11.0. The van der Waals surface area contributed by atoms with Crippen molar-refractivity contribution in [1.82, 2.24) is 0 Å². The highest BCUT2D eigenvalue weighted by Gasteiger charge is 2.21. The van der Waals surface area contributed by atoms with Crippen LogP contribution in [0.1, 0.15) is 30.0 Å². The van der Waals surface area contributed by atoms with E-state index < -0.39 is 0 Å². The molecule has 1 atom stereocenters. The van der Waals surface area contributed by atoms with Crippen LogP contribution in [-0.4, -0.2) is 0 Å². The lowest BCUT2D eigenvalue weighted by Crippen LogP contribution is -2.04. The zero-order valence-electron chi connectivity index (χ0n) is 23.6. The highest BCUT2D eigenvalue weighted by Crippen LogP contribution is 2.45. The van der Waals surface area contributed by atoms with Gasteiger partial charge in [0.2, 0.25) is 0 Å². The summed E-state index contributed by atoms with van der Waals surface area (Å²) >= 11 is 0. The van der Waals surface area contributed by atoms with Gasteiger partial charge >= 0.3 is 0 Å². The Morgan fingerprint density at radius 1 is 0.659 bits per heavy atom. The second-order valence-electron chi connectivity index (χ2n) is 10.5. The van der Waals surface area contributed by atoms with Gasteiger partial charge in [0.05, 0.1) is 0 Å². The third-order valence-electron chi connectivity index (χ3n) is 8.28. The average molecular weight is 527 g/mol. The molecule has 0 bridgehead atoms. The number of rotatable bonds is 7. The topological polar surface area (TPSA) is 0 Å². The second-order valence-corrected chi connectivity index (χ2v) is 10.5. The molecular formula is C41H34. The van der Waals surface area contributed by atoms with Crippen LogP contribution in [0.2, 0.25) is 0 Å². The lowest BCUT2D eigenvalue weighted by atomic mass is 9.81. The normalized spacial score (nSPS) is 15.1. The molecule has 0 amide bonds. The molecule has 198 valence electrons. The fraction of sp³-hybridized carbons (Fsp3) is 0.0732. The van der Waals surface area contributed by atoms with Gasteiger partial charge in [-0.25, -0.2) is 0 Å². The average Bonchev–Trinajstić information content (AvgIpc) is 3.03. The van der Waals surface area contributed by atoms with Crippen molar-refractivity contribution in [2.45, 2.75) is 13.3 Å². The van der Waals surface area contributed by atoms with Crippen LogP contribution in [0.15, 0.2) is 147 Å². The summed E-state index contributed by atoms with van der Waals surface area (Å²) in [5.74, 6) is 0.280. The Balaban J connectivity index is 1.64. The third kappa shape index (κ3) is 4.62. The van der Waals surface area contributed by atoms with Crippen molar-refractivity contribution in [1.29, 1.82) is 0 Å². The van der Waals surface area contributed by atoms with Crippen molar-refractivity contribution in [2.75, 3.05) is 0 Å². The van der Waals surface area contributed by atoms with E-state index >= 15 is 0 Å². The predicted molar refractivity (Wildman–Crippen MR) is 182 cm³/mol. The summed E-state index contributed by atoms with van der Waals surface area (Å²) in [4.78, 5) is 0.